The average Bonchev–Trinajstić information content (AvgIpc) is 2.49. The van der Waals surface area contributed by atoms with Crippen molar-refractivity contribution in [2.75, 3.05) is 20.7 Å². The van der Waals surface area contributed by atoms with Gasteiger partial charge in [0.15, 0.2) is 0 Å². The molecule has 0 aromatic heterocycles. The van der Waals surface area contributed by atoms with Crippen molar-refractivity contribution < 1.29 is 14.3 Å². The topological polar surface area (TPSA) is 58.6 Å². The van der Waals surface area contributed by atoms with Crippen LogP contribution in [0.15, 0.2) is 0 Å². The van der Waals surface area contributed by atoms with E-state index in [0.29, 0.717) is 12.3 Å². The highest BCUT2D eigenvalue weighted by Gasteiger charge is 2.33. The first-order chi connectivity index (χ1) is 10.8. The number of amides is 1. The summed E-state index contributed by atoms with van der Waals surface area (Å²) in [5, 5.41) is 3.36. The molecule has 0 unspecified atom stereocenters. The Labute approximate surface area is 142 Å². The molecule has 0 heterocycles. The van der Waals surface area contributed by atoms with E-state index in [-0.39, 0.29) is 30.0 Å². The molecule has 0 rings (SSSR count). The summed E-state index contributed by atoms with van der Waals surface area (Å²) < 4.78 is 5.47. The second-order valence-corrected chi connectivity index (χ2v) is 6.96. The summed E-state index contributed by atoms with van der Waals surface area (Å²) >= 11 is 0. The number of ether oxygens (including phenoxy) is 1. The Morgan fingerprint density at radius 3 is 2.26 bits per heavy atom. The highest BCUT2D eigenvalue weighted by molar-refractivity contribution is 5.82. The molecule has 0 aromatic carbocycles. The fourth-order valence-corrected chi connectivity index (χ4v) is 2.94. The molecule has 0 bridgehead atoms. The van der Waals surface area contributed by atoms with Crippen LogP contribution in [0.4, 0.5) is 0 Å². The molecule has 3 atom stereocenters. The molecule has 0 fully saturated rings. The van der Waals surface area contributed by atoms with Crippen molar-refractivity contribution in [2.24, 2.45) is 11.8 Å². The average molecular weight is 328 g/mol. The monoisotopic (exact) mass is 328 g/mol. The summed E-state index contributed by atoms with van der Waals surface area (Å²) in [5.41, 5.74) is 0. The third-order valence-electron chi connectivity index (χ3n) is 4.31. The van der Waals surface area contributed by atoms with E-state index in [1.54, 1.807) is 12.0 Å². The number of carbonyl (C=O) groups excluding carboxylic acids is 2. The number of nitrogens with one attached hydrogen (secondary N) is 1. The molecule has 5 heteroatoms. The molecule has 0 spiro atoms. The van der Waals surface area contributed by atoms with Crippen LogP contribution in [0.2, 0.25) is 0 Å². The van der Waals surface area contributed by atoms with Gasteiger partial charge in [0.05, 0.1) is 18.2 Å². The highest BCUT2D eigenvalue weighted by Crippen LogP contribution is 2.19. The zero-order valence-electron chi connectivity index (χ0n) is 16.0. The molecule has 23 heavy (non-hydrogen) atoms. The zero-order valence-corrected chi connectivity index (χ0v) is 16.0. The van der Waals surface area contributed by atoms with Crippen LogP contribution in [0.5, 0.6) is 0 Å². The summed E-state index contributed by atoms with van der Waals surface area (Å²) in [6.07, 6.45) is 2.69. The Bertz CT molecular complexity index is 345. The Hall–Kier alpha value is -0.940. The molecule has 1 N–H and O–H groups in total. The molecule has 136 valence electrons. The van der Waals surface area contributed by atoms with E-state index in [2.05, 4.69) is 33.0 Å². The van der Waals surface area contributed by atoms with Crippen LogP contribution in [0.3, 0.4) is 0 Å². The largest absolute Gasteiger partial charge is 0.379 e. The Morgan fingerprint density at radius 2 is 1.87 bits per heavy atom. The van der Waals surface area contributed by atoms with Gasteiger partial charge in [-0.05, 0) is 31.2 Å². The van der Waals surface area contributed by atoms with Gasteiger partial charge >= 0.3 is 0 Å². The van der Waals surface area contributed by atoms with E-state index in [1.807, 2.05) is 14.0 Å². The van der Waals surface area contributed by atoms with Gasteiger partial charge in [0.1, 0.15) is 6.29 Å². The Morgan fingerprint density at radius 1 is 1.26 bits per heavy atom. The minimum atomic E-state index is -0.269. The maximum absolute atomic E-state index is 12.8. The summed E-state index contributed by atoms with van der Waals surface area (Å²) in [6.45, 7) is 11.3. The quantitative estimate of drug-likeness (QED) is 0.559. The van der Waals surface area contributed by atoms with Crippen LogP contribution >= 0.6 is 0 Å². The molecule has 0 saturated heterocycles. The van der Waals surface area contributed by atoms with E-state index in [4.69, 9.17) is 4.74 Å². The molecular weight excluding hydrogens is 292 g/mol. The number of likely N-dealkylation sites (N-methyl/N-ethyl adjacent to an activating group) is 1. The number of hydrogen-bond acceptors (Lipinski definition) is 4. The standard InChI is InChI=1S/C18H36N2O3/c1-8-15(19-11-9-13(2)3)18(22)20(6)17(14(4)5)16(23-7)10-12-21/h12-17,19H,8-11H2,1-7H3/t15-,16+,17-/m0/s1. The number of hydrogen-bond donors (Lipinski definition) is 1. The predicted octanol–water partition coefficient (Wildman–Crippen LogP) is 2.49. The number of methoxy groups -OCH3 is 1. The van der Waals surface area contributed by atoms with Crippen LogP contribution < -0.4 is 5.32 Å². The fourth-order valence-electron chi connectivity index (χ4n) is 2.94. The molecule has 0 radical (unpaired) electrons. The summed E-state index contributed by atoms with van der Waals surface area (Å²) in [7, 11) is 3.41. The van der Waals surface area contributed by atoms with Crippen molar-refractivity contribution >= 4 is 12.2 Å². The van der Waals surface area contributed by atoms with Crippen molar-refractivity contribution in [2.45, 2.75) is 72.1 Å². The minimum absolute atomic E-state index is 0.0721. The Kier molecular flexibility index (Phi) is 11.1. The summed E-state index contributed by atoms with van der Waals surface area (Å²) in [5.74, 6) is 0.895. The van der Waals surface area contributed by atoms with Crippen LogP contribution in [0.25, 0.3) is 0 Å². The summed E-state index contributed by atoms with van der Waals surface area (Å²) in [6, 6.07) is -0.299. The summed E-state index contributed by atoms with van der Waals surface area (Å²) in [4.78, 5) is 25.5. The SMILES string of the molecule is CC[C@H](NCCC(C)C)C(=O)N(C)[C@@H](C(C)C)[C@@H](CC=O)OC. The van der Waals surface area contributed by atoms with Crippen molar-refractivity contribution in [3.63, 3.8) is 0 Å². The van der Waals surface area contributed by atoms with Crippen LogP contribution in [-0.2, 0) is 14.3 Å². The first kappa shape index (κ1) is 22.1. The fraction of sp³-hybridized carbons (Fsp3) is 0.889. The number of aldehydes is 1. The molecule has 0 saturated carbocycles. The van der Waals surface area contributed by atoms with E-state index in [0.717, 1.165) is 25.7 Å². The molecular formula is C18H36N2O3. The normalized spacial score (nSPS) is 15.5. The van der Waals surface area contributed by atoms with E-state index >= 15 is 0 Å². The number of nitrogens with zero attached hydrogens (tertiary/aromatic N) is 1. The third-order valence-corrected chi connectivity index (χ3v) is 4.31. The lowest BCUT2D eigenvalue weighted by Gasteiger charge is -2.38. The smallest absolute Gasteiger partial charge is 0.239 e. The van der Waals surface area contributed by atoms with E-state index < -0.39 is 0 Å². The van der Waals surface area contributed by atoms with Gasteiger partial charge in [0, 0.05) is 20.6 Å². The van der Waals surface area contributed by atoms with Gasteiger partial charge in [-0.2, -0.15) is 0 Å². The molecule has 0 aliphatic heterocycles. The van der Waals surface area contributed by atoms with Crippen molar-refractivity contribution in [1.29, 1.82) is 0 Å². The second-order valence-electron chi connectivity index (χ2n) is 6.96. The van der Waals surface area contributed by atoms with Gasteiger partial charge in [0.25, 0.3) is 0 Å². The lowest BCUT2D eigenvalue weighted by atomic mass is 9.94. The van der Waals surface area contributed by atoms with Gasteiger partial charge in [-0.3, -0.25) is 4.79 Å². The minimum Gasteiger partial charge on any atom is -0.379 e. The van der Waals surface area contributed by atoms with Crippen molar-refractivity contribution in [3.8, 4) is 0 Å². The Balaban J connectivity index is 4.97. The molecule has 1 amide bonds. The number of carbonyl (C=O) groups is 2. The van der Waals surface area contributed by atoms with Gasteiger partial charge in [0.2, 0.25) is 5.91 Å². The lowest BCUT2D eigenvalue weighted by molar-refractivity contribution is -0.139. The lowest BCUT2D eigenvalue weighted by Crippen LogP contribution is -2.54. The van der Waals surface area contributed by atoms with Crippen LogP contribution in [0, 0.1) is 11.8 Å². The van der Waals surface area contributed by atoms with Gasteiger partial charge in [-0.1, -0.05) is 34.6 Å². The van der Waals surface area contributed by atoms with Crippen LogP contribution in [0.1, 0.15) is 53.9 Å². The first-order valence-corrected chi connectivity index (χ1v) is 8.76. The van der Waals surface area contributed by atoms with E-state index in [1.165, 1.54) is 0 Å². The molecule has 0 aliphatic rings. The van der Waals surface area contributed by atoms with Crippen molar-refractivity contribution in [3.05, 3.63) is 0 Å². The molecule has 0 aliphatic carbocycles. The molecule has 5 nitrogen and oxygen atoms in total. The first-order valence-electron chi connectivity index (χ1n) is 8.76. The third kappa shape index (κ3) is 7.44. The van der Waals surface area contributed by atoms with Gasteiger partial charge in [-0.25, -0.2) is 0 Å². The maximum Gasteiger partial charge on any atom is 0.239 e. The van der Waals surface area contributed by atoms with E-state index in [9.17, 15) is 9.59 Å². The second kappa shape index (κ2) is 11.6. The van der Waals surface area contributed by atoms with Gasteiger partial charge < -0.3 is 19.7 Å². The predicted molar refractivity (Wildman–Crippen MR) is 94.4 cm³/mol. The maximum atomic E-state index is 12.8. The molecule has 0 aromatic rings. The van der Waals surface area contributed by atoms with Crippen LogP contribution in [-0.4, -0.2) is 56.0 Å². The van der Waals surface area contributed by atoms with Crippen molar-refractivity contribution in [1.82, 2.24) is 10.2 Å². The zero-order chi connectivity index (χ0) is 18.0. The van der Waals surface area contributed by atoms with Gasteiger partial charge in [-0.15, -0.1) is 0 Å². The number of rotatable bonds is 12. The highest BCUT2D eigenvalue weighted by atomic mass is 16.5.